The highest BCUT2D eigenvalue weighted by Gasteiger charge is 2.34. The van der Waals surface area contributed by atoms with Crippen molar-refractivity contribution in [1.29, 1.82) is 0 Å². The first kappa shape index (κ1) is 22.7. The lowest BCUT2D eigenvalue weighted by Crippen LogP contribution is -2.21. The number of rotatable bonds is 6. The minimum atomic E-state index is -4.70. The second-order valence-corrected chi connectivity index (χ2v) is 7.59. The third kappa shape index (κ3) is 5.39. The Balaban J connectivity index is 1.80. The van der Waals surface area contributed by atoms with Gasteiger partial charge in [0.05, 0.1) is 5.69 Å². The summed E-state index contributed by atoms with van der Waals surface area (Å²) in [6.07, 6.45) is -0.874. The van der Waals surface area contributed by atoms with Crippen LogP contribution in [0.15, 0.2) is 70.5 Å². The van der Waals surface area contributed by atoms with Crippen LogP contribution in [0.25, 0.3) is 0 Å². The third-order valence-corrected chi connectivity index (χ3v) is 5.00. The molecule has 0 spiro atoms. The summed E-state index contributed by atoms with van der Waals surface area (Å²) in [6.45, 7) is 5.23. The molecule has 31 heavy (non-hydrogen) atoms. The van der Waals surface area contributed by atoms with Crippen molar-refractivity contribution in [3.63, 3.8) is 0 Å². The standard InChI is InChI=1S/C22H21F6N3/c1-11-3-7-15(21(25)20(11)24)12(2)30-14-6-8-17(16(23)9-14)31-18(13-4-5-13)10-19(29)22(26,27)28/h6-11,13,30H,2-5,29H2,1H3. The summed E-state index contributed by atoms with van der Waals surface area (Å²) in [5.74, 6) is -3.45. The number of alkyl halides is 3. The molecule has 2 aliphatic rings. The maximum absolute atomic E-state index is 14.5. The van der Waals surface area contributed by atoms with Gasteiger partial charge in [0.25, 0.3) is 0 Å². The molecule has 0 bridgehead atoms. The van der Waals surface area contributed by atoms with Crippen LogP contribution in [0, 0.1) is 17.7 Å². The van der Waals surface area contributed by atoms with Gasteiger partial charge in [-0.2, -0.15) is 13.2 Å². The molecule has 3 rings (SSSR count). The van der Waals surface area contributed by atoms with Gasteiger partial charge in [0.15, 0.2) is 11.6 Å². The van der Waals surface area contributed by atoms with Crippen LogP contribution in [-0.2, 0) is 0 Å². The molecule has 2 aliphatic carbocycles. The van der Waals surface area contributed by atoms with E-state index in [1.807, 2.05) is 0 Å². The Bertz CT molecular complexity index is 1010. The van der Waals surface area contributed by atoms with Crippen LogP contribution in [0.2, 0.25) is 0 Å². The fraction of sp³-hybridized carbons (Fsp3) is 0.318. The van der Waals surface area contributed by atoms with Crippen LogP contribution in [-0.4, -0.2) is 11.9 Å². The lowest BCUT2D eigenvalue weighted by atomic mass is 9.95. The Kier molecular flexibility index (Phi) is 6.33. The van der Waals surface area contributed by atoms with Gasteiger partial charge in [0.2, 0.25) is 0 Å². The summed E-state index contributed by atoms with van der Waals surface area (Å²) in [5.41, 5.74) is 3.87. The zero-order chi connectivity index (χ0) is 22.9. The highest BCUT2D eigenvalue weighted by Crippen LogP contribution is 2.36. The Morgan fingerprint density at radius 2 is 1.90 bits per heavy atom. The number of nitrogens with two attached hydrogens (primary N) is 1. The van der Waals surface area contributed by atoms with Crippen LogP contribution in [0.5, 0.6) is 0 Å². The lowest BCUT2D eigenvalue weighted by Gasteiger charge is -2.19. The predicted molar refractivity (Wildman–Crippen MR) is 108 cm³/mol. The predicted octanol–water partition coefficient (Wildman–Crippen LogP) is 6.76. The van der Waals surface area contributed by atoms with E-state index in [9.17, 15) is 26.3 Å². The van der Waals surface area contributed by atoms with Gasteiger partial charge in [0, 0.05) is 34.5 Å². The van der Waals surface area contributed by atoms with Crippen molar-refractivity contribution >= 4 is 17.1 Å². The summed E-state index contributed by atoms with van der Waals surface area (Å²) in [5, 5.41) is 2.71. The molecule has 0 saturated heterocycles. The number of nitrogens with one attached hydrogen (secondary N) is 1. The molecule has 1 unspecified atom stereocenters. The monoisotopic (exact) mass is 441 g/mol. The van der Waals surface area contributed by atoms with Crippen LogP contribution in [0.3, 0.4) is 0 Å². The molecule has 3 N–H and O–H groups in total. The molecular formula is C22H21F6N3. The minimum absolute atomic E-state index is 0.0399. The van der Waals surface area contributed by atoms with Gasteiger partial charge < -0.3 is 11.1 Å². The Hall–Kier alpha value is -2.97. The van der Waals surface area contributed by atoms with E-state index < -0.39 is 35.3 Å². The SMILES string of the molecule is C=C(Nc1ccc(N=C(C=C(N)C(F)(F)F)C2CC2)c(F)c1)C1=CCC(C)C(F)=C1F. The fourth-order valence-corrected chi connectivity index (χ4v) is 3.01. The molecule has 0 radical (unpaired) electrons. The molecule has 1 atom stereocenters. The first-order chi connectivity index (χ1) is 14.5. The summed E-state index contributed by atoms with van der Waals surface area (Å²) >= 11 is 0. The highest BCUT2D eigenvalue weighted by molar-refractivity contribution is 6.00. The van der Waals surface area contributed by atoms with E-state index >= 15 is 0 Å². The first-order valence-corrected chi connectivity index (χ1v) is 9.62. The summed E-state index contributed by atoms with van der Waals surface area (Å²) in [4.78, 5) is 4.02. The van der Waals surface area contributed by atoms with Crippen LogP contribution in [0.1, 0.15) is 26.2 Å². The number of halogens is 6. The normalized spacial score (nSPS) is 20.6. The average molecular weight is 441 g/mol. The van der Waals surface area contributed by atoms with Gasteiger partial charge in [-0.15, -0.1) is 0 Å². The Morgan fingerprint density at radius 1 is 1.23 bits per heavy atom. The molecule has 0 heterocycles. The van der Waals surface area contributed by atoms with Crippen LogP contribution >= 0.6 is 0 Å². The van der Waals surface area contributed by atoms with Gasteiger partial charge in [-0.1, -0.05) is 19.6 Å². The number of aliphatic imine (C=N–C) groups is 1. The van der Waals surface area contributed by atoms with Crippen LogP contribution < -0.4 is 11.1 Å². The molecule has 1 aromatic carbocycles. The first-order valence-electron chi connectivity index (χ1n) is 9.62. The van der Waals surface area contributed by atoms with E-state index in [1.165, 1.54) is 18.2 Å². The molecule has 1 aromatic rings. The van der Waals surface area contributed by atoms with Crippen molar-refractivity contribution in [2.75, 3.05) is 5.32 Å². The quantitative estimate of drug-likeness (QED) is 0.379. The minimum Gasteiger partial charge on any atom is -0.395 e. The average Bonchev–Trinajstić information content (AvgIpc) is 3.52. The van der Waals surface area contributed by atoms with Gasteiger partial charge in [-0.3, -0.25) is 4.99 Å². The second-order valence-electron chi connectivity index (χ2n) is 7.59. The van der Waals surface area contributed by atoms with Gasteiger partial charge in [0.1, 0.15) is 11.5 Å². The molecule has 166 valence electrons. The Morgan fingerprint density at radius 3 is 2.48 bits per heavy atom. The molecule has 0 aromatic heterocycles. The zero-order valence-corrected chi connectivity index (χ0v) is 16.7. The molecule has 3 nitrogen and oxygen atoms in total. The number of hydrogen-bond acceptors (Lipinski definition) is 3. The van der Waals surface area contributed by atoms with Gasteiger partial charge in [-0.25, -0.2) is 13.2 Å². The van der Waals surface area contributed by atoms with E-state index in [0.717, 1.165) is 12.1 Å². The fourth-order valence-electron chi connectivity index (χ4n) is 3.01. The number of allylic oxidation sites excluding steroid dienone is 5. The van der Waals surface area contributed by atoms with Crippen molar-refractivity contribution in [3.05, 3.63) is 71.4 Å². The number of benzene rings is 1. The van der Waals surface area contributed by atoms with E-state index in [-0.39, 0.29) is 34.3 Å². The second kappa shape index (κ2) is 8.64. The van der Waals surface area contributed by atoms with Crippen molar-refractivity contribution < 1.29 is 26.3 Å². The summed E-state index contributed by atoms with van der Waals surface area (Å²) in [7, 11) is 0. The van der Waals surface area contributed by atoms with Gasteiger partial charge in [-0.05, 0) is 43.5 Å². The lowest BCUT2D eigenvalue weighted by molar-refractivity contribution is -0.0925. The highest BCUT2D eigenvalue weighted by atomic mass is 19.4. The smallest absolute Gasteiger partial charge is 0.395 e. The number of hydrogen-bond donors (Lipinski definition) is 2. The molecule has 0 amide bonds. The van der Waals surface area contributed by atoms with Gasteiger partial charge >= 0.3 is 6.18 Å². The van der Waals surface area contributed by atoms with Crippen molar-refractivity contribution in [2.24, 2.45) is 22.6 Å². The maximum Gasteiger partial charge on any atom is 0.430 e. The van der Waals surface area contributed by atoms with Crippen molar-refractivity contribution in [1.82, 2.24) is 0 Å². The van der Waals surface area contributed by atoms with Crippen molar-refractivity contribution in [3.8, 4) is 0 Å². The molecule has 0 aliphatic heterocycles. The number of nitrogens with zero attached hydrogens (tertiary/aromatic N) is 1. The summed E-state index contributed by atoms with van der Waals surface area (Å²) < 4.78 is 80.7. The van der Waals surface area contributed by atoms with E-state index in [1.54, 1.807) is 6.92 Å². The maximum atomic E-state index is 14.5. The van der Waals surface area contributed by atoms with Crippen LogP contribution in [0.4, 0.5) is 37.7 Å². The number of anilines is 1. The largest absolute Gasteiger partial charge is 0.430 e. The molecule has 1 fully saturated rings. The van der Waals surface area contributed by atoms with E-state index in [0.29, 0.717) is 19.3 Å². The third-order valence-electron chi connectivity index (χ3n) is 5.00. The molecular weight excluding hydrogens is 420 g/mol. The Labute approximate surface area is 175 Å². The van der Waals surface area contributed by atoms with Crippen molar-refractivity contribution in [2.45, 2.75) is 32.4 Å². The summed E-state index contributed by atoms with van der Waals surface area (Å²) in [6, 6.07) is 3.74. The topological polar surface area (TPSA) is 50.4 Å². The van der Waals surface area contributed by atoms with E-state index in [2.05, 4.69) is 16.9 Å². The van der Waals surface area contributed by atoms with E-state index in [4.69, 9.17) is 5.73 Å². The molecule has 1 saturated carbocycles. The zero-order valence-electron chi connectivity index (χ0n) is 16.7. The molecule has 9 heteroatoms.